The van der Waals surface area contributed by atoms with Crippen molar-refractivity contribution in [1.82, 2.24) is 4.90 Å². The van der Waals surface area contributed by atoms with Crippen LogP contribution in [0, 0.1) is 0 Å². The van der Waals surface area contributed by atoms with Gasteiger partial charge in [0, 0.05) is 12.5 Å². The number of amides is 1. The second kappa shape index (κ2) is 8.72. The summed E-state index contributed by atoms with van der Waals surface area (Å²) in [5.41, 5.74) is 5.10. The molecule has 0 radical (unpaired) electrons. The van der Waals surface area contributed by atoms with Crippen LogP contribution in [0.4, 0.5) is 0 Å². The maximum Gasteiger partial charge on any atom is 0.217 e. The van der Waals surface area contributed by atoms with Crippen LogP contribution < -0.4 is 5.73 Å². The molecule has 0 spiro atoms. The molecule has 0 saturated heterocycles. The van der Waals surface area contributed by atoms with Crippen molar-refractivity contribution < 1.29 is 4.79 Å². The van der Waals surface area contributed by atoms with Gasteiger partial charge in [-0.2, -0.15) is 0 Å². The summed E-state index contributed by atoms with van der Waals surface area (Å²) in [6, 6.07) is 0.615. The zero-order valence-electron chi connectivity index (χ0n) is 10.5. The van der Waals surface area contributed by atoms with Crippen LogP contribution in [-0.2, 0) is 4.79 Å². The predicted octanol–water partition coefficient (Wildman–Crippen LogP) is 2.15. The normalized spacial score (nSPS) is 13.1. The number of hydrogen-bond donors (Lipinski definition) is 1. The maximum atomic E-state index is 10.6. The van der Waals surface area contributed by atoms with E-state index < -0.39 is 0 Å². The Bertz CT molecular complexity index is 171. The largest absolute Gasteiger partial charge is 0.370 e. The highest BCUT2D eigenvalue weighted by atomic mass is 16.1. The molecule has 0 rings (SSSR count). The Morgan fingerprint density at radius 3 is 2.53 bits per heavy atom. The minimum Gasteiger partial charge on any atom is -0.370 e. The number of nitrogens with two attached hydrogens (primary N) is 1. The van der Waals surface area contributed by atoms with Crippen molar-refractivity contribution in [3.63, 3.8) is 0 Å². The summed E-state index contributed by atoms with van der Waals surface area (Å²) < 4.78 is 0. The van der Waals surface area contributed by atoms with E-state index in [0.29, 0.717) is 12.5 Å². The molecule has 0 aromatic rings. The van der Waals surface area contributed by atoms with Crippen LogP contribution in [0.5, 0.6) is 0 Å². The fourth-order valence-corrected chi connectivity index (χ4v) is 1.63. The first-order valence-electron chi connectivity index (χ1n) is 6.06. The lowest BCUT2D eigenvalue weighted by Gasteiger charge is -2.24. The molecular formula is C12H26N2O. The quantitative estimate of drug-likeness (QED) is 0.598. The molecule has 3 nitrogen and oxygen atoms in total. The zero-order chi connectivity index (χ0) is 11.7. The third-order valence-electron chi connectivity index (χ3n) is 2.91. The van der Waals surface area contributed by atoms with E-state index in [-0.39, 0.29) is 5.91 Å². The van der Waals surface area contributed by atoms with Gasteiger partial charge in [-0.1, -0.05) is 26.2 Å². The third kappa shape index (κ3) is 8.43. The van der Waals surface area contributed by atoms with E-state index in [1.165, 1.54) is 25.7 Å². The molecule has 3 heteroatoms. The van der Waals surface area contributed by atoms with Crippen LogP contribution in [0.2, 0.25) is 0 Å². The van der Waals surface area contributed by atoms with Crippen molar-refractivity contribution in [3.05, 3.63) is 0 Å². The maximum absolute atomic E-state index is 10.6. The van der Waals surface area contributed by atoms with Gasteiger partial charge in [0.1, 0.15) is 0 Å². The fraction of sp³-hybridized carbons (Fsp3) is 0.917. The van der Waals surface area contributed by atoms with E-state index >= 15 is 0 Å². The number of hydrogen-bond acceptors (Lipinski definition) is 2. The first kappa shape index (κ1) is 14.4. The Balaban J connectivity index is 3.50. The Morgan fingerprint density at radius 2 is 2.00 bits per heavy atom. The lowest BCUT2D eigenvalue weighted by molar-refractivity contribution is -0.118. The van der Waals surface area contributed by atoms with Crippen LogP contribution in [0.15, 0.2) is 0 Å². The fourth-order valence-electron chi connectivity index (χ4n) is 1.63. The van der Waals surface area contributed by atoms with Crippen LogP contribution in [0.3, 0.4) is 0 Å². The van der Waals surface area contributed by atoms with E-state index in [1.54, 1.807) is 0 Å². The Morgan fingerprint density at radius 1 is 1.33 bits per heavy atom. The Kier molecular flexibility index (Phi) is 8.38. The number of unbranched alkanes of at least 4 members (excludes halogenated alkanes) is 2. The number of carbonyl (C=O) groups excluding carboxylic acids is 1. The van der Waals surface area contributed by atoms with E-state index in [4.69, 9.17) is 5.73 Å². The molecule has 0 aromatic carbocycles. The van der Waals surface area contributed by atoms with E-state index in [0.717, 1.165) is 13.0 Å². The molecule has 2 N–H and O–H groups in total. The molecular weight excluding hydrogens is 188 g/mol. The van der Waals surface area contributed by atoms with Crippen molar-refractivity contribution in [1.29, 1.82) is 0 Å². The van der Waals surface area contributed by atoms with Gasteiger partial charge < -0.3 is 10.6 Å². The first-order chi connectivity index (χ1) is 7.07. The monoisotopic (exact) mass is 214 g/mol. The van der Waals surface area contributed by atoms with Gasteiger partial charge in [-0.05, 0) is 33.4 Å². The zero-order valence-corrected chi connectivity index (χ0v) is 10.5. The molecule has 1 atom stereocenters. The van der Waals surface area contributed by atoms with Crippen LogP contribution in [0.1, 0.15) is 52.4 Å². The van der Waals surface area contributed by atoms with E-state index in [2.05, 4.69) is 25.8 Å². The van der Waals surface area contributed by atoms with Gasteiger partial charge in [-0.3, -0.25) is 4.79 Å². The van der Waals surface area contributed by atoms with Gasteiger partial charge in [-0.15, -0.1) is 0 Å². The molecule has 0 aromatic heterocycles. The Labute approximate surface area is 94.0 Å². The van der Waals surface area contributed by atoms with Gasteiger partial charge in [-0.25, -0.2) is 0 Å². The Hall–Kier alpha value is -0.570. The molecule has 0 saturated carbocycles. The molecule has 0 bridgehead atoms. The summed E-state index contributed by atoms with van der Waals surface area (Å²) in [5.74, 6) is -0.193. The number of carbonyl (C=O) groups is 1. The van der Waals surface area contributed by atoms with Crippen molar-refractivity contribution in [3.8, 4) is 0 Å². The second-order valence-electron chi connectivity index (χ2n) is 4.40. The van der Waals surface area contributed by atoms with Crippen LogP contribution in [0.25, 0.3) is 0 Å². The van der Waals surface area contributed by atoms with Gasteiger partial charge >= 0.3 is 0 Å². The summed E-state index contributed by atoms with van der Waals surface area (Å²) in [5, 5.41) is 0. The highest BCUT2D eigenvalue weighted by molar-refractivity contribution is 5.73. The summed E-state index contributed by atoms with van der Waals surface area (Å²) in [6.07, 6.45) is 6.53. The molecule has 0 aliphatic heterocycles. The van der Waals surface area contributed by atoms with Crippen molar-refractivity contribution >= 4 is 5.91 Å². The topological polar surface area (TPSA) is 46.3 Å². The lowest BCUT2D eigenvalue weighted by atomic mass is 10.1. The first-order valence-corrected chi connectivity index (χ1v) is 6.06. The lowest BCUT2D eigenvalue weighted by Crippen LogP contribution is -2.30. The van der Waals surface area contributed by atoms with Crippen molar-refractivity contribution in [2.24, 2.45) is 5.73 Å². The summed E-state index contributed by atoms with van der Waals surface area (Å²) in [4.78, 5) is 12.9. The van der Waals surface area contributed by atoms with Crippen molar-refractivity contribution in [2.75, 3.05) is 13.6 Å². The number of primary amides is 1. The van der Waals surface area contributed by atoms with Gasteiger partial charge in [0.2, 0.25) is 5.91 Å². The molecule has 1 amide bonds. The molecule has 0 heterocycles. The van der Waals surface area contributed by atoms with Crippen molar-refractivity contribution in [2.45, 2.75) is 58.4 Å². The number of rotatable bonds is 9. The van der Waals surface area contributed by atoms with Gasteiger partial charge in [0.15, 0.2) is 0 Å². The highest BCUT2D eigenvalue weighted by Gasteiger charge is 2.08. The molecule has 90 valence electrons. The SMILES string of the molecule is CCCCCC(C)N(C)CCCC(N)=O. The van der Waals surface area contributed by atoms with E-state index in [1.807, 2.05) is 0 Å². The van der Waals surface area contributed by atoms with Gasteiger partial charge in [0.25, 0.3) is 0 Å². The molecule has 0 aliphatic rings. The minimum atomic E-state index is -0.193. The smallest absolute Gasteiger partial charge is 0.217 e. The predicted molar refractivity (Wildman–Crippen MR) is 64.7 cm³/mol. The van der Waals surface area contributed by atoms with Crippen LogP contribution in [-0.4, -0.2) is 30.4 Å². The average molecular weight is 214 g/mol. The summed E-state index contributed by atoms with van der Waals surface area (Å²) in [6.45, 7) is 5.44. The third-order valence-corrected chi connectivity index (χ3v) is 2.91. The van der Waals surface area contributed by atoms with Gasteiger partial charge in [0.05, 0.1) is 0 Å². The average Bonchev–Trinajstić information content (AvgIpc) is 2.17. The molecule has 0 fully saturated rings. The summed E-state index contributed by atoms with van der Waals surface area (Å²) in [7, 11) is 2.12. The molecule has 0 aliphatic carbocycles. The summed E-state index contributed by atoms with van der Waals surface area (Å²) >= 11 is 0. The van der Waals surface area contributed by atoms with Crippen LogP contribution >= 0.6 is 0 Å². The van der Waals surface area contributed by atoms with E-state index in [9.17, 15) is 4.79 Å². The molecule has 1 unspecified atom stereocenters. The number of nitrogens with zero attached hydrogens (tertiary/aromatic N) is 1. The molecule has 15 heavy (non-hydrogen) atoms. The minimum absolute atomic E-state index is 0.193. The highest BCUT2D eigenvalue weighted by Crippen LogP contribution is 2.08. The second-order valence-corrected chi connectivity index (χ2v) is 4.40. The standard InChI is InChI=1S/C12H26N2O/c1-4-5-6-8-11(2)14(3)10-7-9-12(13)15/h11H,4-10H2,1-3H3,(H2,13,15).